The van der Waals surface area contributed by atoms with Gasteiger partial charge in [-0.25, -0.2) is 4.39 Å². The highest BCUT2D eigenvalue weighted by Gasteiger charge is 2.67. The lowest BCUT2D eigenvalue weighted by molar-refractivity contribution is -0.145. The van der Waals surface area contributed by atoms with Crippen molar-refractivity contribution in [3.8, 4) is 5.75 Å². The molecule has 2 atom stereocenters. The number of ether oxygens (including phenoxy) is 1. The normalized spacial score (nSPS) is 21.2. The highest BCUT2D eigenvalue weighted by Crippen LogP contribution is 2.55. The second-order valence-corrected chi connectivity index (χ2v) is 11.3. The Morgan fingerprint density at radius 3 is 2.12 bits per heavy atom. The zero-order chi connectivity index (χ0) is 31.2. The van der Waals surface area contributed by atoms with Crippen LogP contribution in [0.15, 0.2) is 42.5 Å². The van der Waals surface area contributed by atoms with Gasteiger partial charge < -0.3 is 15.0 Å². The van der Waals surface area contributed by atoms with Crippen molar-refractivity contribution >= 4 is 23.6 Å². The van der Waals surface area contributed by atoms with E-state index in [1.54, 1.807) is 45.0 Å². The summed E-state index contributed by atoms with van der Waals surface area (Å²) in [6.07, 6.45) is -4.46. The number of halogens is 4. The predicted molar refractivity (Wildman–Crippen MR) is 144 cm³/mol. The van der Waals surface area contributed by atoms with Crippen molar-refractivity contribution in [3.63, 3.8) is 0 Å². The molecular formula is C30H33F4N3O5. The zero-order valence-corrected chi connectivity index (χ0v) is 24.0. The average molecular weight is 592 g/mol. The van der Waals surface area contributed by atoms with Crippen molar-refractivity contribution in [1.29, 1.82) is 0 Å². The van der Waals surface area contributed by atoms with E-state index in [0.717, 1.165) is 4.90 Å². The number of piperidine rings is 1. The van der Waals surface area contributed by atoms with E-state index >= 15 is 0 Å². The molecule has 1 unspecified atom stereocenters. The lowest BCUT2D eigenvalue weighted by atomic mass is 9.58. The van der Waals surface area contributed by atoms with Crippen molar-refractivity contribution in [2.24, 2.45) is 11.3 Å². The number of rotatable bonds is 6. The number of nitrogens with one attached hydrogen (secondary N) is 1. The van der Waals surface area contributed by atoms with Crippen LogP contribution >= 0.6 is 0 Å². The number of benzene rings is 2. The number of alkyl halides is 3. The lowest BCUT2D eigenvalue weighted by Crippen LogP contribution is -2.57. The first-order valence-corrected chi connectivity index (χ1v) is 13.5. The molecule has 2 aromatic rings. The van der Waals surface area contributed by atoms with Crippen LogP contribution in [0.5, 0.6) is 5.75 Å². The minimum Gasteiger partial charge on any atom is -0.497 e. The summed E-state index contributed by atoms with van der Waals surface area (Å²) in [5.41, 5.74) is -3.70. The van der Waals surface area contributed by atoms with Crippen LogP contribution in [0.3, 0.4) is 0 Å². The van der Waals surface area contributed by atoms with E-state index in [1.165, 1.54) is 19.1 Å². The third-order valence-corrected chi connectivity index (χ3v) is 8.76. The molecule has 0 saturated carbocycles. The monoisotopic (exact) mass is 591 g/mol. The minimum atomic E-state index is -4.78. The van der Waals surface area contributed by atoms with Crippen LogP contribution in [0.25, 0.3) is 0 Å². The molecule has 226 valence electrons. The number of likely N-dealkylation sites (tertiary alicyclic amines) is 2. The van der Waals surface area contributed by atoms with E-state index in [4.69, 9.17) is 4.74 Å². The van der Waals surface area contributed by atoms with Crippen molar-refractivity contribution < 1.29 is 41.5 Å². The van der Waals surface area contributed by atoms with Crippen LogP contribution in [0, 0.1) is 17.2 Å². The Morgan fingerprint density at radius 2 is 1.60 bits per heavy atom. The second kappa shape index (κ2) is 11.0. The van der Waals surface area contributed by atoms with Gasteiger partial charge in [0, 0.05) is 20.1 Å². The van der Waals surface area contributed by atoms with Gasteiger partial charge in [-0.1, -0.05) is 26.0 Å². The van der Waals surface area contributed by atoms with Gasteiger partial charge in [-0.2, -0.15) is 13.2 Å². The third-order valence-electron chi connectivity index (χ3n) is 8.76. The molecule has 4 rings (SSSR count). The molecule has 1 N–H and O–H groups in total. The first kappa shape index (κ1) is 31.0. The first-order valence-electron chi connectivity index (χ1n) is 13.5. The summed E-state index contributed by atoms with van der Waals surface area (Å²) in [5.74, 6) is -3.41. The summed E-state index contributed by atoms with van der Waals surface area (Å²) in [5, 5.41) is 2.41. The van der Waals surface area contributed by atoms with Crippen molar-refractivity contribution in [2.45, 2.75) is 51.2 Å². The Balaban J connectivity index is 1.56. The number of carbonyl (C=O) groups excluding carboxylic acids is 4. The molecule has 2 heterocycles. The van der Waals surface area contributed by atoms with Gasteiger partial charge in [-0.05, 0) is 61.6 Å². The van der Waals surface area contributed by atoms with Crippen molar-refractivity contribution in [2.75, 3.05) is 27.2 Å². The highest BCUT2D eigenvalue weighted by atomic mass is 19.4. The van der Waals surface area contributed by atoms with Crippen LogP contribution in [0.1, 0.15) is 55.1 Å². The Bertz CT molecular complexity index is 1400. The maximum Gasteiger partial charge on any atom is 0.416 e. The quantitative estimate of drug-likeness (QED) is 0.402. The fourth-order valence-corrected chi connectivity index (χ4v) is 6.12. The van der Waals surface area contributed by atoms with Crippen LogP contribution in [-0.4, -0.2) is 66.7 Å². The predicted octanol–water partition coefficient (Wildman–Crippen LogP) is 4.17. The van der Waals surface area contributed by atoms with E-state index in [1.807, 2.05) is 0 Å². The molecule has 8 nitrogen and oxygen atoms in total. The molecule has 2 aliphatic rings. The fourth-order valence-electron chi connectivity index (χ4n) is 6.12. The Labute approximate surface area is 241 Å². The maximum atomic E-state index is 14.3. The molecule has 1 spiro atoms. The number of carbonyl (C=O) groups is 4. The summed E-state index contributed by atoms with van der Waals surface area (Å²) in [7, 11) is 2.96. The number of imide groups is 1. The maximum absolute atomic E-state index is 14.3. The topological polar surface area (TPSA) is 96.0 Å². The number of amides is 4. The molecule has 4 amide bonds. The average Bonchev–Trinajstić information content (AvgIpc) is 3.09. The molecule has 2 aromatic carbocycles. The molecule has 12 heteroatoms. The standard InChI is InChI=1S/C30H33F4N3O5/c1-17(2)23(35-24(38)21-16-19(30(32,33)34)8-11-22(21)31)25(39)37-14-12-29(13-15-37)27(41)36(4)26(40)28(29,3)18-6-9-20(42-5)10-7-18/h6-11,16-17,23H,12-15H2,1-5H3,(H,35,38)/t23-,28?/m1/s1. The van der Waals surface area contributed by atoms with Gasteiger partial charge in [0.1, 0.15) is 17.6 Å². The van der Waals surface area contributed by atoms with Crippen LogP contribution < -0.4 is 10.1 Å². The zero-order valence-electron chi connectivity index (χ0n) is 24.0. The molecule has 0 radical (unpaired) electrons. The van der Waals surface area contributed by atoms with Crippen LogP contribution in [0.2, 0.25) is 0 Å². The van der Waals surface area contributed by atoms with Crippen LogP contribution in [0.4, 0.5) is 17.6 Å². The third kappa shape index (κ3) is 5.00. The number of nitrogens with zero attached hydrogens (tertiary/aromatic N) is 2. The number of hydrogen-bond donors (Lipinski definition) is 1. The fraction of sp³-hybridized carbons (Fsp3) is 0.467. The largest absolute Gasteiger partial charge is 0.497 e. The molecule has 2 saturated heterocycles. The van der Waals surface area contributed by atoms with E-state index in [0.29, 0.717) is 29.5 Å². The van der Waals surface area contributed by atoms with Gasteiger partial charge in [-0.15, -0.1) is 0 Å². The van der Waals surface area contributed by atoms with Gasteiger partial charge >= 0.3 is 6.18 Å². The van der Waals surface area contributed by atoms with E-state index in [2.05, 4.69) is 5.32 Å². The van der Waals surface area contributed by atoms with Gasteiger partial charge in [0.05, 0.1) is 29.1 Å². The van der Waals surface area contributed by atoms with Gasteiger partial charge in [0.25, 0.3) is 5.91 Å². The number of methoxy groups -OCH3 is 1. The van der Waals surface area contributed by atoms with E-state index < -0.39 is 57.7 Å². The second-order valence-electron chi connectivity index (χ2n) is 11.3. The summed E-state index contributed by atoms with van der Waals surface area (Å²) in [6.45, 7) is 5.21. The molecule has 0 bridgehead atoms. The summed E-state index contributed by atoms with van der Waals surface area (Å²) in [4.78, 5) is 56.1. The number of likely N-dealkylation sites (N-methyl/N-ethyl adjacent to an activating group) is 1. The SMILES string of the molecule is COc1ccc(C2(C)C(=O)N(C)C(=O)C23CCN(C(=O)[C@H](NC(=O)c2cc(C(F)(F)F)ccc2F)C(C)C)CC3)cc1. The Hall–Kier alpha value is -3.96. The first-order chi connectivity index (χ1) is 19.6. The Morgan fingerprint density at radius 1 is 1.00 bits per heavy atom. The molecule has 2 fully saturated rings. The smallest absolute Gasteiger partial charge is 0.416 e. The molecular weight excluding hydrogens is 558 g/mol. The minimum absolute atomic E-state index is 0.0917. The van der Waals surface area contributed by atoms with Crippen molar-refractivity contribution in [3.05, 3.63) is 65.0 Å². The van der Waals surface area contributed by atoms with Gasteiger partial charge in [0.2, 0.25) is 17.7 Å². The number of hydrogen-bond acceptors (Lipinski definition) is 5. The molecule has 0 aliphatic carbocycles. The molecule has 42 heavy (non-hydrogen) atoms. The summed E-state index contributed by atoms with van der Waals surface area (Å²) < 4.78 is 59.0. The van der Waals surface area contributed by atoms with Gasteiger partial charge in [-0.3, -0.25) is 24.1 Å². The van der Waals surface area contributed by atoms with E-state index in [-0.39, 0.29) is 37.7 Å². The molecule has 0 aromatic heterocycles. The van der Waals surface area contributed by atoms with Crippen LogP contribution in [-0.2, 0) is 26.0 Å². The highest BCUT2D eigenvalue weighted by molar-refractivity contribution is 6.12. The summed E-state index contributed by atoms with van der Waals surface area (Å²) >= 11 is 0. The summed E-state index contributed by atoms with van der Waals surface area (Å²) in [6, 6.07) is 7.27. The Kier molecular flexibility index (Phi) is 8.14. The van der Waals surface area contributed by atoms with E-state index in [9.17, 15) is 36.7 Å². The van der Waals surface area contributed by atoms with Gasteiger partial charge in [0.15, 0.2) is 0 Å². The van der Waals surface area contributed by atoms with Crippen molar-refractivity contribution in [1.82, 2.24) is 15.1 Å². The lowest BCUT2D eigenvalue weighted by Gasteiger charge is -2.46. The molecule has 2 aliphatic heterocycles.